The first-order valence-electron chi connectivity index (χ1n) is 11.3. The van der Waals surface area contributed by atoms with E-state index in [1.807, 2.05) is 20.8 Å². The molecule has 0 aliphatic heterocycles. The number of nitrogens with zero attached hydrogens (tertiary/aromatic N) is 1. The monoisotopic (exact) mass is 518 g/mol. The van der Waals surface area contributed by atoms with Crippen molar-refractivity contribution >= 4 is 41.2 Å². The van der Waals surface area contributed by atoms with Gasteiger partial charge in [-0.2, -0.15) is 5.10 Å². The third-order valence-corrected chi connectivity index (χ3v) is 4.90. The Kier molecular flexibility index (Phi) is 11.7. The SMILES string of the molecule is COc1cc(/C=N\NC(=O)C(=O)NCCCOC(C)C)ccc1OCC(=O)Nc1cc(Cl)ccc1C. The third kappa shape index (κ3) is 9.93. The van der Waals surface area contributed by atoms with Gasteiger partial charge in [0.15, 0.2) is 18.1 Å². The molecule has 2 aromatic rings. The summed E-state index contributed by atoms with van der Waals surface area (Å²) in [4.78, 5) is 35.9. The lowest BCUT2D eigenvalue weighted by Gasteiger charge is -2.12. The highest BCUT2D eigenvalue weighted by atomic mass is 35.5. The van der Waals surface area contributed by atoms with Crippen LogP contribution in [0.1, 0.15) is 31.4 Å². The predicted octanol–water partition coefficient (Wildman–Crippen LogP) is 3.06. The molecule has 0 aliphatic carbocycles. The Balaban J connectivity index is 1.83. The molecule has 0 spiro atoms. The van der Waals surface area contributed by atoms with Crippen LogP contribution in [0.5, 0.6) is 11.5 Å². The average molecular weight is 519 g/mol. The number of hydrazone groups is 1. The maximum absolute atomic E-state index is 12.3. The maximum Gasteiger partial charge on any atom is 0.329 e. The van der Waals surface area contributed by atoms with Crippen LogP contribution in [0.15, 0.2) is 41.5 Å². The predicted molar refractivity (Wildman–Crippen MR) is 138 cm³/mol. The fourth-order valence-corrected chi connectivity index (χ4v) is 3.00. The lowest BCUT2D eigenvalue weighted by atomic mass is 10.2. The van der Waals surface area contributed by atoms with E-state index in [9.17, 15) is 14.4 Å². The van der Waals surface area contributed by atoms with Gasteiger partial charge in [0.2, 0.25) is 0 Å². The molecular formula is C25H31ClN4O6. The van der Waals surface area contributed by atoms with Crippen LogP contribution in [0.4, 0.5) is 5.69 Å². The number of rotatable bonds is 12. The van der Waals surface area contributed by atoms with Crippen LogP contribution in [0.3, 0.4) is 0 Å². The normalized spacial score (nSPS) is 10.8. The number of carbonyl (C=O) groups excluding carboxylic acids is 3. The highest BCUT2D eigenvalue weighted by molar-refractivity contribution is 6.35. The average Bonchev–Trinajstić information content (AvgIpc) is 2.84. The topological polar surface area (TPSA) is 127 Å². The van der Waals surface area contributed by atoms with Crippen LogP contribution in [0, 0.1) is 6.92 Å². The summed E-state index contributed by atoms with van der Waals surface area (Å²) >= 11 is 5.98. The fraction of sp³-hybridized carbons (Fsp3) is 0.360. The van der Waals surface area contributed by atoms with E-state index in [1.54, 1.807) is 36.4 Å². The number of benzene rings is 2. The van der Waals surface area contributed by atoms with Crippen LogP contribution in [0.2, 0.25) is 5.02 Å². The fourth-order valence-electron chi connectivity index (χ4n) is 2.83. The lowest BCUT2D eigenvalue weighted by molar-refractivity contribution is -0.139. The van der Waals surface area contributed by atoms with Crippen LogP contribution >= 0.6 is 11.6 Å². The Morgan fingerprint density at radius 1 is 1.08 bits per heavy atom. The highest BCUT2D eigenvalue weighted by Crippen LogP contribution is 2.27. The summed E-state index contributed by atoms with van der Waals surface area (Å²) in [7, 11) is 1.46. The summed E-state index contributed by atoms with van der Waals surface area (Å²) in [5.41, 5.74) is 4.21. The van der Waals surface area contributed by atoms with Crippen LogP contribution in [-0.2, 0) is 19.1 Å². The second-order valence-electron chi connectivity index (χ2n) is 7.93. The van der Waals surface area contributed by atoms with E-state index in [2.05, 4.69) is 21.2 Å². The van der Waals surface area contributed by atoms with E-state index in [0.29, 0.717) is 47.3 Å². The van der Waals surface area contributed by atoms with E-state index in [-0.39, 0.29) is 18.6 Å². The molecule has 0 atom stereocenters. The van der Waals surface area contributed by atoms with Gasteiger partial charge in [0.05, 0.1) is 19.4 Å². The van der Waals surface area contributed by atoms with Gasteiger partial charge in [-0.25, -0.2) is 5.43 Å². The van der Waals surface area contributed by atoms with Crippen molar-refractivity contribution in [2.45, 2.75) is 33.3 Å². The van der Waals surface area contributed by atoms with Crippen LogP contribution < -0.4 is 25.5 Å². The second-order valence-corrected chi connectivity index (χ2v) is 8.37. The number of hydrogen-bond acceptors (Lipinski definition) is 7. The Morgan fingerprint density at radius 3 is 2.58 bits per heavy atom. The summed E-state index contributed by atoms with van der Waals surface area (Å²) in [6.45, 7) is 6.26. The van der Waals surface area contributed by atoms with Gasteiger partial charge in [0.25, 0.3) is 5.91 Å². The molecule has 0 aliphatic rings. The molecule has 0 unspecified atom stereocenters. The minimum absolute atomic E-state index is 0.112. The van der Waals surface area contributed by atoms with Gasteiger partial charge in [-0.1, -0.05) is 17.7 Å². The Morgan fingerprint density at radius 2 is 1.86 bits per heavy atom. The van der Waals surface area contributed by atoms with Gasteiger partial charge in [0, 0.05) is 23.9 Å². The van der Waals surface area contributed by atoms with Gasteiger partial charge in [-0.3, -0.25) is 14.4 Å². The molecule has 0 aromatic heterocycles. The number of carbonyl (C=O) groups is 3. The van der Waals surface area contributed by atoms with Gasteiger partial charge in [-0.05, 0) is 68.7 Å². The number of ether oxygens (including phenoxy) is 3. The summed E-state index contributed by atoms with van der Waals surface area (Å²) in [5, 5.41) is 9.55. The van der Waals surface area contributed by atoms with Crippen molar-refractivity contribution in [3.63, 3.8) is 0 Å². The Labute approximate surface area is 215 Å². The van der Waals surface area contributed by atoms with Crippen molar-refractivity contribution in [1.29, 1.82) is 0 Å². The minimum atomic E-state index is -0.885. The van der Waals surface area contributed by atoms with Crippen LogP contribution in [0.25, 0.3) is 0 Å². The molecule has 3 N–H and O–H groups in total. The van der Waals surface area contributed by atoms with Crippen molar-refractivity contribution in [2.24, 2.45) is 5.10 Å². The molecule has 0 bridgehead atoms. The largest absolute Gasteiger partial charge is 0.493 e. The molecule has 2 rings (SSSR count). The number of nitrogens with one attached hydrogen (secondary N) is 3. The van der Waals surface area contributed by atoms with E-state index >= 15 is 0 Å². The van der Waals surface area contributed by atoms with Crippen molar-refractivity contribution in [3.8, 4) is 11.5 Å². The summed E-state index contributed by atoms with van der Waals surface area (Å²) in [6.07, 6.45) is 2.06. The molecule has 0 radical (unpaired) electrons. The van der Waals surface area contributed by atoms with Crippen molar-refractivity contribution < 1.29 is 28.6 Å². The zero-order chi connectivity index (χ0) is 26.5. The number of methoxy groups -OCH3 is 1. The number of hydrogen-bond donors (Lipinski definition) is 3. The minimum Gasteiger partial charge on any atom is -0.493 e. The smallest absolute Gasteiger partial charge is 0.329 e. The molecule has 36 heavy (non-hydrogen) atoms. The molecule has 3 amide bonds. The van der Waals surface area contributed by atoms with E-state index in [1.165, 1.54) is 13.3 Å². The standard InChI is InChI=1S/C25H31ClN4O6/c1-16(2)35-11-5-10-27-24(32)25(33)30-28-14-18-7-9-21(22(12-18)34-4)36-15-23(31)29-20-13-19(26)8-6-17(20)3/h6-9,12-14,16H,5,10-11,15H2,1-4H3,(H,27,32)(H,29,31)(H,30,33)/b28-14-. The number of anilines is 1. The van der Waals surface area contributed by atoms with Gasteiger partial charge in [-0.15, -0.1) is 0 Å². The maximum atomic E-state index is 12.3. The molecular weight excluding hydrogens is 488 g/mol. The van der Waals surface area contributed by atoms with Crippen LogP contribution in [-0.4, -0.2) is 56.9 Å². The summed E-state index contributed by atoms with van der Waals surface area (Å²) in [6, 6.07) is 10.1. The third-order valence-electron chi connectivity index (χ3n) is 4.66. The van der Waals surface area contributed by atoms with Crippen molar-refractivity contribution in [2.75, 3.05) is 32.2 Å². The lowest BCUT2D eigenvalue weighted by Crippen LogP contribution is -2.38. The molecule has 10 nitrogen and oxygen atoms in total. The number of halogens is 1. The van der Waals surface area contributed by atoms with E-state index in [0.717, 1.165) is 5.56 Å². The first kappa shape index (κ1) is 28.6. The summed E-state index contributed by atoms with van der Waals surface area (Å²) in [5.74, 6) is -1.33. The number of amides is 3. The molecule has 0 saturated heterocycles. The van der Waals surface area contributed by atoms with Crippen molar-refractivity contribution in [1.82, 2.24) is 10.7 Å². The molecule has 0 fully saturated rings. The molecule has 2 aromatic carbocycles. The number of aryl methyl sites for hydroxylation is 1. The molecule has 194 valence electrons. The van der Waals surface area contributed by atoms with Gasteiger partial charge >= 0.3 is 11.8 Å². The Bertz CT molecular complexity index is 1090. The zero-order valence-electron chi connectivity index (χ0n) is 20.7. The molecule has 11 heteroatoms. The zero-order valence-corrected chi connectivity index (χ0v) is 21.5. The van der Waals surface area contributed by atoms with Crippen molar-refractivity contribution in [3.05, 3.63) is 52.5 Å². The molecule has 0 heterocycles. The van der Waals surface area contributed by atoms with E-state index < -0.39 is 11.8 Å². The summed E-state index contributed by atoms with van der Waals surface area (Å²) < 4.78 is 16.3. The van der Waals surface area contributed by atoms with Gasteiger partial charge in [0.1, 0.15) is 0 Å². The molecule has 0 saturated carbocycles. The highest BCUT2D eigenvalue weighted by Gasteiger charge is 2.12. The quantitative estimate of drug-likeness (QED) is 0.171. The second kappa shape index (κ2) is 14.7. The van der Waals surface area contributed by atoms with E-state index in [4.69, 9.17) is 25.8 Å². The Hall–Kier alpha value is -3.63. The first-order chi connectivity index (χ1) is 17.2. The first-order valence-corrected chi connectivity index (χ1v) is 11.7. The van der Waals surface area contributed by atoms with Gasteiger partial charge < -0.3 is 24.8 Å².